The monoisotopic (exact) mass is 425 g/mol. The Labute approximate surface area is 182 Å². The summed E-state index contributed by atoms with van der Waals surface area (Å²) in [5.41, 5.74) is 2.22. The molecule has 164 valence electrons. The number of rotatable bonds is 10. The van der Waals surface area contributed by atoms with E-state index in [0.29, 0.717) is 38.0 Å². The van der Waals surface area contributed by atoms with Crippen LogP contribution >= 0.6 is 0 Å². The maximum absolute atomic E-state index is 13.3. The van der Waals surface area contributed by atoms with Crippen LogP contribution < -0.4 is 10.1 Å². The van der Waals surface area contributed by atoms with Gasteiger partial charge in [-0.25, -0.2) is 9.37 Å². The fraction of sp³-hybridized carbons (Fsp3) is 0.333. The lowest BCUT2D eigenvalue weighted by atomic mass is 10.1. The molecule has 0 unspecified atom stereocenters. The summed E-state index contributed by atoms with van der Waals surface area (Å²) in [5.74, 6) is 1.05. The lowest BCUT2D eigenvalue weighted by molar-refractivity contribution is 0.0944. The number of amides is 1. The number of hydrogen-bond donors (Lipinski definition) is 1. The van der Waals surface area contributed by atoms with Crippen LogP contribution in [0.15, 0.2) is 59.2 Å². The molecule has 0 fully saturated rings. The normalized spacial score (nSPS) is 11.2. The Hall–Kier alpha value is -3.19. The fourth-order valence-corrected chi connectivity index (χ4v) is 3.16. The molecule has 0 aliphatic heterocycles. The summed E-state index contributed by atoms with van der Waals surface area (Å²) in [5, 5.41) is 2.84. The van der Waals surface area contributed by atoms with Crippen molar-refractivity contribution in [1.29, 1.82) is 0 Å². The molecule has 3 aromatic rings. The van der Waals surface area contributed by atoms with Gasteiger partial charge >= 0.3 is 0 Å². The smallest absolute Gasteiger partial charge is 0.273 e. The van der Waals surface area contributed by atoms with Crippen molar-refractivity contribution in [3.63, 3.8) is 0 Å². The number of ether oxygens (including phenoxy) is 1. The van der Waals surface area contributed by atoms with E-state index in [-0.39, 0.29) is 17.4 Å². The number of methoxy groups -OCH3 is 1. The van der Waals surface area contributed by atoms with Crippen LogP contribution in [-0.4, -0.2) is 29.4 Å². The molecule has 0 spiro atoms. The summed E-state index contributed by atoms with van der Waals surface area (Å²) in [6.07, 6.45) is 1.38. The van der Waals surface area contributed by atoms with Crippen molar-refractivity contribution >= 4 is 5.91 Å². The molecule has 0 radical (unpaired) electrons. The highest BCUT2D eigenvalue weighted by atomic mass is 19.1. The second-order valence-electron chi connectivity index (χ2n) is 7.81. The predicted octanol–water partition coefficient (Wildman–Crippen LogP) is 4.41. The van der Waals surface area contributed by atoms with Crippen LogP contribution in [0.4, 0.5) is 4.39 Å². The van der Waals surface area contributed by atoms with E-state index in [2.05, 4.69) is 15.2 Å². The van der Waals surface area contributed by atoms with Crippen LogP contribution in [0.3, 0.4) is 0 Å². The van der Waals surface area contributed by atoms with Gasteiger partial charge in [0, 0.05) is 25.2 Å². The minimum atomic E-state index is -0.273. The SMILES string of the molecule is COc1ccccc1CN(Cc1ccc(F)cc1)Cc1nc(C(=O)NCC(C)C)co1. The van der Waals surface area contributed by atoms with Crippen LogP contribution in [0.2, 0.25) is 0 Å². The van der Waals surface area contributed by atoms with Crippen LogP contribution in [0.5, 0.6) is 5.75 Å². The molecule has 1 aromatic heterocycles. The third-order valence-electron chi connectivity index (χ3n) is 4.72. The molecule has 31 heavy (non-hydrogen) atoms. The molecule has 0 saturated heterocycles. The molecule has 7 heteroatoms. The number of aromatic nitrogens is 1. The zero-order valence-corrected chi connectivity index (χ0v) is 18.1. The number of oxazole rings is 1. The van der Waals surface area contributed by atoms with E-state index in [1.165, 1.54) is 18.4 Å². The molecular formula is C24H28FN3O3. The number of para-hydroxylation sites is 1. The van der Waals surface area contributed by atoms with Crippen molar-refractivity contribution < 1.29 is 18.3 Å². The van der Waals surface area contributed by atoms with Crippen molar-refractivity contribution in [2.45, 2.75) is 33.5 Å². The van der Waals surface area contributed by atoms with E-state index in [0.717, 1.165) is 16.9 Å². The molecule has 6 nitrogen and oxygen atoms in total. The van der Waals surface area contributed by atoms with E-state index in [4.69, 9.17) is 9.15 Å². The van der Waals surface area contributed by atoms with Gasteiger partial charge in [-0.2, -0.15) is 0 Å². The molecule has 0 atom stereocenters. The molecule has 1 amide bonds. The Kier molecular flexibility index (Phi) is 7.78. The number of nitrogens with one attached hydrogen (secondary N) is 1. The van der Waals surface area contributed by atoms with Gasteiger partial charge in [-0.05, 0) is 29.7 Å². The molecule has 3 rings (SSSR count). The molecular weight excluding hydrogens is 397 g/mol. The molecule has 0 aliphatic carbocycles. The summed E-state index contributed by atoms with van der Waals surface area (Å²) >= 11 is 0. The van der Waals surface area contributed by atoms with Gasteiger partial charge in [0.05, 0.1) is 13.7 Å². The second-order valence-corrected chi connectivity index (χ2v) is 7.81. The largest absolute Gasteiger partial charge is 0.496 e. The highest BCUT2D eigenvalue weighted by Gasteiger charge is 2.17. The van der Waals surface area contributed by atoms with Gasteiger partial charge < -0.3 is 14.5 Å². The quantitative estimate of drug-likeness (QED) is 0.521. The van der Waals surface area contributed by atoms with Crippen molar-refractivity contribution in [2.75, 3.05) is 13.7 Å². The summed E-state index contributed by atoms with van der Waals surface area (Å²) < 4.78 is 24.4. The third-order valence-corrected chi connectivity index (χ3v) is 4.72. The first kappa shape index (κ1) is 22.5. The lowest BCUT2D eigenvalue weighted by Gasteiger charge is -2.22. The van der Waals surface area contributed by atoms with Crippen LogP contribution in [0, 0.1) is 11.7 Å². The van der Waals surface area contributed by atoms with Crippen LogP contribution in [0.25, 0.3) is 0 Å². The fourth-order valence-electron chi connectivity index (χ4n) is 3.16. The van der Waals surface area contributed by atoms with Crippen molar-refractivity contribution in [3.05, 3.63) is 83.3 Å². The van der Waals surface area contributed by atoms with Gasteiger partial charge in [0.25, 0.3) is 5.91 Å². The second kappa shape index (κ2) is 10.7. The van der Waals surface area contributed by atoms with Gasteiger partial charge in [-0.15, -0.1) is 0 Å². The van der Waals surface area contributed by atoms with E-state index in [1.807, 2.05) is 38.1 Å². The topological polar surface area (TPSA) is 67.6 Å². The van der Waals surface area contributed by atoms with Crippen LogP contribution in [0.1, 0.15) is 41.4 Å². The van der Waals surface area contributed by atoms with Gasteiger partial charge in [0.2, 0.25) is 5.89 Å². The Morgan fingerprint density at radius 2 is 1.87 bits per heavy atom. The Balaban J connectivity index is 1.76. The third kappa shape index (κ3) is 6.65. The number of nitrogens with zero attached hydrogens (tertiary/aromatic N) is 2. The Bertz CT molecular complexity index is 986. The zero-order valence-electron chi connectivity index (χ0n) is 18.1. The summed E-state index contributed by atoms with van der Waals surface area (Å²) in [6.45, 7) is 6.13. The minimum Gasteiger partial charge on any atom is -0.496 e. The molecule has 0 saturated carbocycles. The standard InChI is InChI=1S/C24H28FN3O3/c1-17(2)12-26-24(29)21-16-31-23(27-21)15-28(13-18-8-10-20(25)11-9-18)14-19-6-4-5-7-22(19)30-3/h4-11,16-17H,12-15H2,1-3H3,(H,26,29). The van der Waals surface area contributed by atoms with Gasteiger partial charge in [0.15, 0.2) is 5.69 Å². The maximum atomic E-state index is 13.3. The van der Waals surface area contributed by atoms with E-state index in [9.17, 15) is 9.18 Å². The molecule has 0 bridgehead atoms. The highest BCUT2D eigenvalue weighted by molar-refractivity contribution is 5.91. The first-order chi connectivity index (χ1) is 14.9. The molecule has 1 heterocycles. The van der Waals surface area contributed by atoms with Crippen molar-refractivity contribution in [1.82, 2.24) is 15.2 Å². The number of halogens is 1. The number of carbonyl (C=O) groups excluding carboxylic acids is 1. The average Bonchev–Trinajstić information content (AvgIpc) is 3.22. The van der Waals surface area contributed by atoms with E-state index < -0.39 is 0 Å². The van der Waals surface area contributed by atoms with Crippen LogP contribution in [-0.2, 0) is 19.6 Å². The summed E-state index contributed by atoms with van der Waals surface area (Å²) in [7, 11) is 1.64. The van der Waals surface area contributed by atoms with E-state index in [1.54, 1.807) is 19.2 Å². The number of benzene rings is 2. The average molecular weight is 426 g/mol. The predicted molar refractivity (Wildman–Crippen MR) is 116 cm³/mol. The number of hydrogen-bond acceptors (Lipinski definition) is 5. The molecule has 0 aliphatic rings. The van der Waals surface area contributed by atoms with Crippen molar-refractivity contribution in [3.8, 4) is 5.75 Å². The maximum Gasteiger partial charge on any atom is 0.273 e. The molecule has 2 aromatic carbocycles. The lowest BCUT2D eigenvalue weighted by Crippen LogP contribution is -2.27. The number of carbonyl (C=O) groups is 1. The zero-order chi connectivity index (χ0) is 22.2. The van der Waals surface area contributed by atoms with Gasteiger partial charge in [-0.1, -0.05) is 44.2 Å². The Morgan fingerprint density at radius 3 is 2.58 bits per heavy atom. The first-order valence-electron chi connectivity index (χ1n) is 10.3. The van der Waals surface area contributed by atoms with E-state index >= 15 is 0 Å². The first-order valence-corrected chi connectivity index (χ1v) is 10.3. The van der Waals surface area contributed by atoms with Gasteiger partial charge in [-0.3, -0.25) is 9.69 Å². The Morgan fingerprint density at radius 1 is 1.13 bits per heavy atom. The summed E-state index contributed by atoms with van der Waals surface area (Å²) in [6, 6.07) is 14.2. The molecule has 1 N–H and O–H groups in total. The van der Waals surface area contributed by atoms with Crippen molar-refractivity contribution in [2.24, 2.45) is 5.92 Å². The minimum absolute atomic E-state index is 0.251. The highest BCUT2D eigenvalue weighted by Crippen LogP contribution is 2.22. The van der Waals surface area contributed by atoms with Gasteiger partial charge in [0.1, 0.15) is 17.8 Å². The summed E-state index contributed by atoms with van der Waals surface area (Å²) in [4.78, 5) is 18.7.